The third-order valence-electron chi connectivity index (χ3n) is 3.81. The van der Waals surface area contributed by atoms with Crippen LogP contribution >= 0.6 is 0 Å². The Kier molecular flexibility index (Phi) is 4.04. The molecule has 2 heterocycles. The average molecular weight is 300 g/mol. The second kappa shape index (κ2) is 6.13. The van der Waals surface area contributed by atoms with Crippen LogP contribution in [-0.4, -0.2) is 29.1 Å². The maximum Gasteiger partial charge on any atom is 0.410 e. The molecule has 0 fully saturated rings. The molecule has 1 aliphatic heterocycles. The number of pyridine rings is 1. The Labute approximate surface area is 128 Å². The normalized spacial score (nSPS) is 17.0. The first-order valence-electron chi connectivity index (χ1n) is 7.33. The number of benzene rings is 1. The minimum atomic E-state index is -0.367. The Bertz CT molecular complexity index is 673. The van der Waals surface area contributed by atoms with Crippen LogP contribution in [0.5, 0.6) is 0 Å². The van der Waals surface area contributed by atoms with Gasteiger partial charge in [-0.1, -0.05) is 18.2 Å². The number of fused-ring (bicyclic) bond motifs is 1. The summed E-state index contributed by atoms with van der Waals surface area (Å²) >= 11 is 0. The topological polar surface area (TPSA) is 42.4 Å². The van der Waals surface area contributed by atoms with Gasteiger partial charge in [-0.15, -0.1) is 0 Å². The Morgan fingerprint density at radius 3 is 2.86 bits per heavy atom. The molecule has 0 saturated carbocycles. The highest BCUT2D eigenvalue weighted by molar-refractivity contribution is 5.69. The van der Waals surface area contributed by atoms with Crippen molar-refractivity contribution in [1.29, 1.82) is 0 Å². The average Bonchev–Trinajstić information content (AvgIpc) is 2.55. The van der Waals surface area contributed by atoms with Crippen molar-refractivity contribution in [3.63, 3.8) is 0 Å². The van der Waals surface area contributed by atoms with E-state index in [-0.39, 0.29) is 18.0 Å². The fourth-order valence-electron chi connectivity index (χ4n) is 2.81. The number of amides is 1. The third kappa shape index (κ3) is 2.66. The van der Waals surface area contributed by atoms with Crippen LogP contribution in [0.25, 0.3) is 0 Å². The summed E-state index contributed by atoms with van der Waals surface area (Å²) in [5.41, 5.74) is 2.76. The molecule has 0 saturated heterocycles. The lowest BCUT2D eigenvalue weighted by atomic mass is 9.93. The van der Waals surface area contributed by atoms with Gasteiger partial charge in [0.15, 0.2) is 0 Å². The lowest BCUT2D eigenvalue weighted by molar-refractivity contribution is 0.0928. The minimum Gasteiger partial charge on any atom is -0.450 e. The zero-order valence-corrected chi connectivity index (χ0v) is 12.3. The van der Waals surface area contributed by atoms with Crippen LogP contribution in [0.15, 0.2) is 42.6 Å². The lowest BCUT2D eigenvalue weighted by Gasteiger charge is -2.35. The Hall–Kier alpha value is -2.43. The van der Waals surface area contributed by atoms with Crippen molar-refractivity contribution in [3.8, 4) is 0 Å². The van der Waals surface area contributed by atoms with Gasteiger partial charge in [-0.2, -0.15) is 0 Å². The number of halogens is 1. The molecule has 1 amide bonds. The molecule has 4 nitrogen and oxygen atoms in total. The van der Waals surface area contributed by atoms with E-state index >= 15 is 0 Å². The van der Waals surface area contributed by atoms with Crippen molar-refractivity contribution in [3.05, 3.63) is 65.2 Å². The first-order valence-corrected chi connectivity index (χ1v) is 7.33. The zero-order chi connectivity index (χ0) is 15.5. The second-order valence-corrected chi connectivity index (χ2v) is 5.14. The third-order valence-corrected chi connectivity index (χ3v) is 3.81. The van der Waals surface area contributed by atoms with E-state index in [4.69, 9.17) is 4.74 Å². The standard InChI is InChI=1S/C17H17FN2O2/c1-2-22-17(21)20-11-9-12-4-3-10-19-15(12)16(20)13-5-7-14(18)8-6-13/h3-8,10,16H,2,9,11H2,1H3. The van der Waals surface area contributed by atoms with Crippen molar-refractivity contribution in [2.45, 2.75) is 19.4 Å². The van der Waals surface area contributed by atoms with Gasteiger partial charge in [0.25, 0.3) is 0 Å². The molecule has 114 valence electrons. The van der Waals surface area contributed by atoms with Gasteiger partial charge >= 0.3 is 6.09 Å². The molecule has 22 heavy (non-hydrogen) atoms. The van der Waals surface area contributed by atoms with Gasteiger partial charge in [0, 0.05) is 12.7 Å². The van der Waals surface area contributed by atoms with Gasteiger partial charge in [0.05, 0.1) is 12.3 Å². The fourth-order valence-corrected chi connectivity index (χ4v) is 2.81. The highest BCUT2D eigenvalue weighted by Gasteiger charge is 2.33. The largest absolute Gasteiger partial charge is 0.450 e. The molecule has 0 spiro atoms. The number of nitrogens with zero attached hydrogens (tertiary/aromatic N) is 2. The fraction of sp³-hybridized carbons (Fsp3) is 0.294. The van der Waals surface area contributed by atoms with Gasteiger partial charge < -0.3 is 4.74 Å². The number of carbonyl (C=O) groups is 1. The van der Waals surface area contributed by atoms with Crippen molar-refractivity contribution in [2.24, 2.45) is 0 Å². The molecule has 2 aromatic rings. The number of carbonyl (C=O) groups excluding carboxylic acids is 1. The van der Waals surface area contributed by atoms with E-state index < -0.39 is 0 Å². The summed E-state index contributed by atoms with van der Waals surface area (Å²) in [7, 11) is 0. The zero-order valence-electron chi connectivity index (χ0n) is 12.3. The van der Waals surface area contributed by atoms with Gasteiger partial charge in [-0.05, 0) is 42.7 Å². The van der Waals surface area contributed by atoms with Crippen LogP contribution in [0.2, 0.25) is 0 Å². The number of aromatic nitrogens is 1. The van der Waals surface area contributed by atoms with E-state index in [1.54, 1.807) is 30.2 Å². The summed E-state index contributed by atoms with van der Waals surface area (Å²) in [6.45, 7) is 2.65. The van der Waals surface area contributed by atoms with E-state index in [1.165, 1.54) is 12.1 Å². The van der Waals surface area contributed by atoms with Gasteiger partial charge in [-0.25, -0.2) is 9.18 Å². The summed E-state index contributed by atoms with van der Waals surface area (Å²) in [4.78, 5) is 18.4. The second-order valence-electron chi connectivity index (χ2n) is 5.14. The molecule has 1 aromatic heterocycles. The SMILES string of the molecule is CCOC(=O)N1CCc2cccnc2C1c1ccc(F)cc1. The van der Waals surface area contributed by atoms with Crippen molar-refractivity contribution >= 4 is 6.09 Å². The quantitative estimate of drug-likeness (QED) is 0.854. The highest BCUT2D eigenvalue weighted by Crippen LogP contribution is 2.34. The molecule has 1 aliphatic rings. The van der Waals surface area contributed by atoms with Gasteiger partial charge in [0.1, 0.15) is 11.9 Å². The van der Waals surface area contributed by atoms with E-state index in [9.17, 15) is 9.18 Å². The Morgan fingerprint density at radius 1 is 1.36 bits per heavy atom. The first-order chi connectivity index (χ1) is 10.7. The van der Waals surface area contributed by atoms with Gasteiger partial charge in [0.2, 0.25) is 0 Å². The molecule has 0 bridgehead atoms. The highest BCUT2D eigenvalue weighted by atomic mass is 19.1. The number of hydrogen-bond donors (Lipinski definition) is 0. The lowest BCUT2D eigenvalue weighted by Crippen LogP contribution is -2.41. The summed E-state index contributed by atoms with van der Waals surface area (Å²) in [6, 6.07) is 9.74. The van der Waals surface area contributed by atoms with Crippen LogP contribution in [-0.2, 0) is 11.2 Å². The Balaban J connectivity index is 2.05. The maximum atomic E-state index is 13.2. The molecule has 3 rings (SSSR count). The van der Waals surface area contributed by atoms with Crippen LogP contribution < -0.4 is 0 Å². The van der Waals surface area contributed by atoms with Crippen molar-refractivity contribution < 1.29 is 13.9 Å². The molecule has 1 atom stereocenters. The predicted molar refractivity (Wildman–Crippen MR) is 79.9 cm³/mol. The molecule has 5 heteroatoms. The van der Waals surface area contributed by atoms with Crippen molar-refractivity contribution in [1.82, 2.24) is 9.88 Å². The molecule has 0 N–H and O–H groups in total. The van der Waals surface area contributed by atoms with Crippen LogP contribution in [0.3, 0.4) is 0 Å². The predicted octanol–water partition coefficient (Wildman–Crippen LogP) is 3.32. The van der Waals surface area contributed by atoms with Crippen LogP contribution in [0.1, 0.15) is 29.8 Å². The molecular weight excluding hydrogens is 283 g/mol. The summed E-state index contributed by atoms with van der Waals surface area (Å²) in [5, 5.41) is 0. The minimum absolute atomic E-state index is 0.302. The van der Waals surface area contributed by atoms with E-state index in [1.807, 2.05) is 12.1 Å². The number of hydrogen-bond acceptors (Lipinski definition) is 3. The van der Waals surface area contributed by atoms with E-state index in [2.05, 4.69) is 4.98 Å². The van der Waals surface area contributed by atoms with Crippen LogP contribution in [0.4, 0.5) is 9.18 Å². The monoisotopic (exact) mass is 300 g/mol. The Morgan fingerprint density at radius 2 is 2.14 bits per heavy atom. The van der Waals surface area contributed by atoms with E-state index in [0.29, 0.717) is 13.2 Å². The van der Waals surface area contributed by atoms with Crippen LogP contribution in [0, 0.1) is 5.82 Å². The van der Waals surface area contributed by atoms with E-state index in [0.717, 1.165) is 23.2 Å². The molecule has 1 unspecified atom stereocenters. The smallest absolute Gasteiger partial charge is 0.410 e. The molecule has 0 radical (unpaired) electrons. The number of ether oxygens (including phenoxy) is 1. The molecular formula is C17H17FN2O2. The summed E-state index contributed by atoms with van der Waals surface area (Å²) in [5.74, 6) is -0.302. The maximum absolute atomic E-state index is 13.2. The molecule has 0 aliphatic carbocycles. The number of rotatable bonds is 2. The summed E-state index contributed by atoms with van der Waals surface area (Å²) in [6.07, 6.45) is 2.08. The summed E-state index contributed by atoms with van der Waals surface area (Å²) < 4.78 is 18.4. The first kappa shape index (κ1) is 14.5. The van der Waals surface area contributed by atoms with Crippen molar-refractivity contribution in [2.75, 3.05) is 13.2 Å². The molecule has 1 aromatic carbocycles. The van der Waals surface area contributed by atoms with Gasteiger partial charge in [-0.3, -0.25) is 9.88 Å².